The van der Waals surface area contributed by atoms with E-state index in [1.807, 2.05) is 0 Å². The summed E-state index contributed by atoms with van der Waals surface area (Å²) in [7, 11) is 0. The van der Waals surface area contributed by atoms with E-state index < -0.39 is 6.36 Å². The van der Waals surface area contributed by atoms with Crippen molar-refractivity contribution >= 4 is 12.2 Å². The Morgan fingerprint density at radius 3 is 1.91 bits per heavy atom. The zero-order valence-electron chi connectivity index (χ0n) is 11.8. The van der Waals surface area contributed by atoms with Gasteiger partial charge in [-0.3, -0.25) is 0 Å². The predicted octanol–water partition coefficient (Wildman–Crippen LogP) is 2.86. The maximum absolute atomic E-state index is 12.1. The van der Waals surface area contributed by atoms with Crippen molar-refractivity contribution in [2.24, 2.45) is 21.7 Å². The lowest BCUT2D eigenvalue weighted by molar-refractivity contribution is -0.274. The fraction of sp³-hybridized carbons (Fsp3) is 0.0667. The van der Waals surface area contributed by atoms with Gasteiger partial charge in [0, 0.05) is 0 Å². The van der Waals surface area contributed by atoms with E-state index in [1.54, 1.807) is 36.4 Å². The van der Waals surface area contributed by atoms with Crippen molar-refractivity contribution in [3.8, 4) is 16.9 Å². The first-order chi connectivity index (χ1) is 10.8. The molecule has 0 radical (unpaired) electrons. The topological polar surface area (TPSA) is 86.0 Å². The number of halogens is 3. The molecule has 2 rings (SSSR count). The molecule has 0 saturated heterocycles. The highest BCUT2D eigenvalue weighted by Crippen LogP contribution is 2.26. The van der Waals surface area contributed by atoms with Crippen molar-refractivity contribution < 1.29 is 17.9 Å². The first-order valence-electron chi connectivity index (χ1n) is 6.42. The summed E-state index contributed by atoms with van der Waals surface area (Å²) in [5.41, 5.74) is 12.6. The number of alkyl halides is 3. The lowest BCUT2D eigenvalue weighted by atomic mass is 10.0. The van der Waals surface area contributed by atoms with Crippen LogP contribution in [0.15, 0.2) is 58.7 Å². The van der Waals surface area contributed by atoms with Gasteiger partial charge in [0.1, 0.15) is 5.75 Å². The Morgan fingerprint density at radius 1 is 0.913 bits per heavy atom. The van der Waals surface area contributed by atoms with Gasteiger partial charge in [-0.25, -0.2) is 0 Å². The molecule has 0 aliphatic carbocycles. The fourth-order valence-electron chi connectivity index (χ4n) is 1.77. The minimum absolute atomic E-state index is 0.140. The molecule has 5 nitrogen and oxygen atoms in total. The number of nitrogens with two attached hydrogens (primary N) is 2. The largest absolute Gasteiger partial charge is 0.573 e. The summed E-state index contributed by atoms with van der Waals surface area (Å²) in [5, 5.41) is 7.15. The molecule has 2 aromatic carbocycles. The molecule has 2 aromatic rings. The summed E-state index contributed by atoms with van der Waals surface area (Å²) < 4.78 is 40.1. The molecule has 0 bridgehead atoms. The van der Waals surface area contributed by atoms with Crippen LogP contribution in [0, 0.1) is 0 Å². The third kappa shape index (κ3) is 5.34. The van der Waals surface area contributed by atoms with Crippen LogP contribution < -0.4 is 16.2 Å². The normalized spacial score (nSPS) is 11.4. The van der Waals surface area contributed by atoms with Gasteiger partial charge in [0.2, 0.25) is 5.96 Å². The first-order valence-corrected chi connectivity index (χ1v) is 6.42. The van der Waals surface area contributed by atoms with Crippen LogP contribution in [-0.2, 0) is 0 Å². The van der Waals surface area contributed by atoms with E-state index in [-0.39, 0.29) is 11.7 Å². The van der Waals surface area contributed by atoms with Crippen molar-refractivity contribution in [2.45, 2.75) is 6.36 Å². The molecular formula is C15H13F3N4O. The van der Waals surface area contributed by atoms with Crippen molar-refractivity contribution in [1.82, 2.24) is 0 Å². The zero-order valence-corrected chi connectivity index (χ0v) is 11.8. The van der Waals surface area contributed by atoms with Crippen LogP contribution in [0.3, 0.4) is 0 Å². The summed E-state index contributed by atoms with van der Waals surface area (Å²) in [4.78, 5) is 0. The van der Waals surface area contributed by atoms with Crippen LogP contribution in [-0.4, -0.2) is 18.5 Å². The number of nitrogens with zero attached hydrogens (tertiary/aromatic N) is 2. The van der Waals surface area contributed by atoms with E-state index in [2.05, 4.69) is 14.9 Å². The molecule has 0 fully saturated rings. The van der Waals surface area contributed by atoms with Gasteiger partial charge >= 0.3 is 6.36 Å². The van der Waals surface area contributed by atoms with Crippen molar-refractivity contribution in [3.63, 3.8) is 0 Å². The number of benzene rings is 2. The van der Waals surface area contributed by atoms with Crippen molar-refractivity contribution in [1.29, 1.82) is 0 Å². The van der Waals surface area contributed by atoms with Gasteiger partial charge < -0.3 is 16.2 Å². The third-order valence-corrected chi connectivity index (χ3v) is 2.71. The smallest absolute Gasteiger partial charge is 0.406 e. The highest BCUT2D eigenvalue weighted by molar-refractivity contribution is 5.82. The van der Waals surface area contributed by atoms with Crippen LogP contribution >= 0.6 is 0 Å². The van der Waals surface area contributed by atoms with E-state index in [0.717, 1.165) is 16.7 Å². The monoisotopic (exact) mass is 322 g/mol. The molecule has 0 saturated carbocycles. The van der Waals surface area contributed by atoms with Gasteiger partial charge in [0.15, 0.2) is 0 Å². The molecule has 0 atom stereocenters. The Labute approximate surface area is 130 Å². The molecule has 0 heterocycles. The average Bonchev–Trinajstić information content (AvgIpc) is 2.47. The molecule has 0 aliphatic rings. The van der Waals surface area contributed by atoms with E-state index >= 15 is 0 Å². The number of ether oxygens (including phenoxy) is 1. The number of hydrogen-bond acceptors (Lipinski definition) is 3. The summed E-state index contributed by atoms with van der Waals surface area (Å²) in [5.74, 6) is -0.402. The van der Waals surface area contributed by atoms with Crippen LogP contribution in [0.5, 0.6) is 5.75 Å². The Morgan fingerprint density at radius 2 is 1.43 bits per heavy atom. The van der Waals surface area contributed by atoms with Gasteiger partial charge in [0.25, 0.3) is 0 Å². The summed E-state index contributed by atoms with van der Waals surface area (Å²) >= 11 is 0. The second kappa shape index (κ2) is 6.82. The van der Waals surface area contributed by atoms with E-state index in [1.165, 1.54) is 18.3 Å². The molecule has 4 N–H and O–H groups in total. The van der Waals surface area contributed by atoms with Crippen LogP contribution in [0.1, 0.15) is 5.56 Å². The minimum Gasteiger partial charge on any atom is -0.406 e. The highest BCUT2D eigenvalue weighted by Gasteiger charge is 2.30. The van der Waals surface area contributed by atoms with Gasteiger partial charge in [-0.1, -0.05) is 36.4 Å². The lowest BCUT2D eigenvalue weighted by Crippen LogP contribution is -2.21. The average molecular weight is 322 g/mol. The van der Waals surface area contributed by atoms with Gasteiger partial charge in [-0.2, -0.15) is 5.10 Å². The number of hydrogen-bond donors (Lipinski definition) is 2. The fourth-order valence-corrected chi connectivity index (χ4v) is 1.77. The molecule has 0 aliphatic heterocycles. The molecule has 0 amide bonds. The van der Waals surface area contributed by atoms with Crippen LogP contribution in [0.25, 0.3) is 11.1 Å². The highest BCUT2D eigenvalue weighted by atomic mass is 19.4. The Balaban J connectivity index is 2.10. The minimum atomic E-state index is -4.70. The van der Waals surface area contributed by atoms with Gasteiger partial charge in [-0.15, -0.1) is 18.3 Å². The SMILES string of the molecule is NC(N)=NN=Cc1ccc(-c2ccc(OC(F)(F)F)cc2)cc1. The van der Waals surface area contributed by atoms with E-state index in [0.29, 0.717) is 0 Å². The van der Waals surface area contributed by atoms with E-state index in [4.69, 9.17) is 11.5 Å². The quantitative estimate of drug-likeness (QED) is 0.515. The van der Waals surface area contributed by atoms with Gasteiger partial charge in [-0.05, 0) is 28.8 Å². The summed E-state index contributed by atoms with van der Waals surface area (Å²) in [6.07, 6.45) is -3.22. The lowest BCUT2D eigenvalue weighted by Gasteiger charge is -2.09. The van der Waals surface area contributed by atoms with Gasteiger partial charge in [0.05, 0.1) is 6.21 Å². The van der Waals surface area contributed by atoms with Crippen LogP contribution in [0.2, 0.25) is 0 Å². The van der Waals surface area contributed by atoms with E-state index in [9.17, 15) is 13.2 Å². The molecular weight excluding hydrogens is 309 g/mol. The van der Waals surface area contributed by atoms with Crippen molar-refractivity contribution in [3.05, 3.63) is 54.1 Å². The Kier molecular flexibility index (Phi) is 4.85. The molecule has 23 heavy (non-hydrogen) atoms. The third-order valence-electron chi connectivity index (χ3n) is 2.71. The molecule has 120 valence electrons. The summed E-state index contributed by atoms with van der Waals surface area (Å²) in [6, 6.07) is 12.8. The standard InChI is InChI=1S/C15H13F3N4O/c16-15(17,18)23-13-7-5-12(6-8-13)11-3-1-10(2-4-11)9-21-22-14(19)20/h1-9H,(H4,19,20,22). The molecule has 0 spiro atoms. The Bertz CT molecular complexity index is 703. The second-order valence-corrected chi connectivity index (χ2v) is 4.46. The molecule has 0 unspecified atom stereocenters. The van der Waals surface area contributed by atoms with Crippen molar-refractivity contribution in [2.75, 3.05) is 0 Å². The molecule has 8 heteroatoms. The number of rotatable bonds is 4. The molecule has 0 aromatic heterocycles. The predicted molar refractivity (Wildman–Crippen MR) is 82.0 cm³/mol. The second-order valence-electron chi connectivity index (χ2n) is 4.46. The maximum Gasteiger partial charge on any atom is 0.573 e. The first kappa shape index (κ1) is 16.3. The Hall–Kier alpha value is -3.03. The zero-order chi connectivity index (χ0) is 16.9. The summed E-state index contributed by atoms with van der Waals surface area (Å²) in [6.45, 7) is 0. The number of guanidine groups is 1. The maximum atomic E-state index is 12.1. The van der Waals surface area contributed by atoms with Crippen LogP contribution in [0.4, 0.5) is 13.2 Å².